The summed E-state index contributed by atoms with van der Waals surface area (Å²) in [4.78, 5) is 0. The summed E-state index contributed by atoms with van der Waals surface area (Å²) in [5.41, 5.74) is 14.2. The second-order valence-corrected chi connectivity index (χ2v) is 16.9. The first-order valence-electron chi connectivity index (χ1n) is 21.5. The van der Waals surface area contributed by atoms with E-state index in [1.807, 2.05) is 0 Å². The van der Waals surface area contributed by atoms with Crippen LogP contribution in [0.5, 0.6) is 23.0 Å². The van der Waals surface area contributed by atoms with Crippen molar-refractivity contribution in [2.24, 2.45) is 0 Å². The van der Waals surface area contributed by atoms with Crippen molar-refractivity contribution in [3.8, 4) is 56.4 Å². The maximum atomic E-state index is 6.83. The third-order valence-electron chi connectivity index (χ3n) is 11.9. The van der Waals surface area contributed by atoms with Crippen LogP contribution in [0.4, 0.5) is 0 Å². The van der Waals surface area contributed by atoms with Gasteiger partial charge in [0.15, 0.2) is 0 Å². The molecule has 0 spiro atoms. The maximum absolute atomic E-state index is 6.83. The Hall–Kier alpha value is -5.64. The van der Waals surface area contributed by atoms with Gasteiger partial charge >= 0.3 is 0 Å². The van der Waals surface area contributed by atoms with Crippen molar-refractivity contribution in [3.05, 3.63) is 154 Å². The number of epoxide rings is 4. The van der Waals surface area contributed by atoms with Crippen LogP contribution in [0.15, 0.2) is 115 Å². The molecule has 4 aliphatic rings. The van der Waals surface area contributed by atoms with E-state index in [0.717, 1.165) is 103 Å². The molecule has 0 amide bonds. The molecule has 4 fully saturated rings. The number of hydrogen-bond acceptors (Lipinski definition) is 8. The molecule has 312 valence electrons. The van der Waals surface area contributed by atoms with Crippen LogP contribution in [0.25, 0.3) is 33.4 Å². The van der Waals surface area contributed by atoms with Crippen molar-refractivity contribution >= 4 is 0 Å². The minimum atomic E-state index is -0.281. The average molecular weight is 817 g/mol. The topological polar surface area (TPSA) is 87.0 Å². The molecule has 0 N–H and O–H groups in total. The Balaban J connectivity index is 1.13. The van der Waals surface area contributed by atoms with Crippen LogP contribution in [0.2, 0.25) is 0 Å². The van der Waals surface area contributed by atoms with Gasteiger partial charge in [-0.15, -0.1) is 0 Å². The van der Waals surface area contributed by atoms with E-state index >= 15 is 0 Å². The zero-order valence-electron chi connectivity index (χ0n) is 35.3. The van der Waals surface area contributed by atoms with Gasteiger partial charge in [-0.05, 0) is 137 Å². The fourth-order valence-electron chi connectivity index (χ4n) is 8.14. The van der Waals surface area contributed by atoms with E-state index in [0.29, 0.717) is 39.6 Å². The van der Waals surface area contributed by atoms with Crippen molar-refractivity contribution in [2.75, 3.05) is 52.9 Å². The molecule has 61 heavy (non-hydrogen) atoms. The largest absolute Gasteiger partial charge is 0.491 e. The molecular formula is C53H52O8. The van der Waals surface area contributed by atoms with Gasteiger partial charge in [-0.2, -0.15) is 0 Å². The van der Waals surface area contributed by atoms with Gasteiger partial charge in [0, 0.05) is 17.0 Å². The van der Waals surface area contributed by atoms with Crippen molar-refractivity contribution in [3.63, 3.8) is 0 Å². The lowest BCUT2D eigenvalue weighted by molar-refractivity contribution is 0.257. The van der Waals surface area contributed by atoms with E-state index < -0.39 is 0 Å². The van der Waals surface area contributed by atoms with Gasteiger partial charge in [0.1, 0.15) is 73.8 Å². The summed E-state index contributed by atoms with van der Waals surface area (Å²) in [5, 5.41) is 0. The molecular weight excluding hydrogens is 765 g/mol. The molecule has 4 atom stereocenters. The molecule has 0 saturated carbocycles. The molecule has 0 radical (unpaired) electrons. The zero-order valence-corrected chi connectivity index (χ0v) is 35.3. The minimum Gasteiger partial charge on any atom is -0.491 e. The quantitative estimate of drug-likeness (QED) is 0.0626. The summed E-state index contributed by atoms with van der Waals surface area (Å²) >= 11 is 0. The van der Waals surface area contributed by atoms with Gasteiger partial charge in [0.05, 0.1) is 26.4 Å². The van der Waals surface area contributed by atoms with Crippen LogP contribution < -0.4 is 18.9 Å². The smallest absolute Gasteiger partial charge is 0.126 e. The fraction of sp³-hybridized carbons (Fsp3) is 0.321. The predicted octanol–water partition coefficient (Wildman–Crippen LogP) is 10.2. The van der Waals surface area contributed by atoms with Gasteiger partial charge in [-0.25, -0.2) is 0 Å². The highest BCUT2D eigenvalue weighted by atomic mass is 16.6. The number of rotatable bonds is 18. The Labute approximate surface area is 358 Å². The van der Waals surface area contributed by atoms with Crippen LogP contribution in [0.1, 0.15) is 44.9 Å². The highest BCUT2D eigenvalue weighted by Gasteiger charge is 2.32. The molecule has 0 bridgehead atoms. The van der Waals surface area contributed by atoms with Gasteiger partial charge in [0.25, 0.3) is 0 Å². The Morgan fingerprint density at radius 2 is 0.787 bits per heavy atom. The molecule has 4 aliphatic heterocycles. The molecule has 6 aromatic carbocycles. The molecule has 10 rings (SSSR count). The fourth-order valence-corrected chi connectivity index (χ4v) is 8.14. The number of aryl methyl sites for hydroxylation is 4. The third kappa shape index (κ3) is 9.33. The number of benzene rings is 6. The highest BCUT2D eigenvalue weighted by Crippen LogP contribution is 2.47. The molecule has 4 heterocycles. The SMILES string of the molecule is Cc1cc(-c2cc(C)c(OCC3CO3)c(C(c3ccc(-c4ccccc4)cc3)c3cc(-c4ccc(OCC5CO5)c(C)c4)cc(C)c3OCC3CO3)c2)ccc1OCC1CO1. The lowest BCUT2D eigenvalue weighted by atomic mass is 9.80. The Morgan fingerprint density at radius 3 is 1.20 bits per heavy atom. The van der Waals surface area contributed by atoms with Gasteiger partial charge in [0.2, 0.25) is 0 Å². The van der Waals surface area contributed by atoms with Crippen molar-refractivity contribution in [2.45, 2.75) is 58.0 Å². The minimum absolute atomic E-state index is 0.0850. The standard InChI is InChI=1S/C53H52O8/c1-32-18-39(14-16-49(32)58-28-43-24-54-43)41-20-34(3)52(60-30-45-26-56-45)47(22-41)51(38-12-10-37(11-13-38)36-8-6-5-7-9-36)48-23-42(21-35(4)53(48)61-31-46-27-57-46)40-15-17-50(33(2)19-40)59-29-44-25-55-44/h5-23,43-46,51H,24-31H2,1-4H3. The average Bonchev–Trinajstić information content (AvgIpc) is 4.05. The van der Waals surface area contributed by atoms with Gasteiger partial charge in [-0.1, -0.05) is 66.7 Å². The van der Waals surface area contributed by atoms with E-state index in [1.54, 1.807) is 0 Å². The predicted molar refractivity (Wildman–Crippen MR) is 236 cm³/mol. The molecule has 8 nitrogen and oxygen atoms in total. The van der Waals surface area contributed by atoms with E-state index in [-0.39, 0.29) is 30.3 Å². The van der Waals surface area contributed by atoms with Crippen LogP contribution in [0, 0.1) is 27.7 Å². The second-order valence-electron chi connectivity index (χ2n) is 16.9. The summed E-state index contributed by atoms with van der Waals surface area (Å²) < 4.78 is 48.1. The van der Waals surface area contributed by atoms with Crippen molar-refractivity contribution in [1.29, 1.82) is 0 Å². The molecule has 0 aliphatic carbocycles. The summed E-state index contributed by atoms with van der Waals surface area (Å²) in [6.07, 6.45) is 0.548. The first-order chi connectivity index (χ1) is 29.8. The van der Waals surface area contributed by atoms with E-state index in [1.165, 1.54) is 5.56 Å². The maximum Gasteiger partial charge on any atom is 0.126 e. The summed E-state index contributed by atoms with van der Waals surface area (Å²) in [7, 11) is 0. The van der Waals surface area contributed by atoms with Crippen LogP contribution in [-0.4, -0.2) is 77.3 Å². The number of ether oxygens (including phenoxy) is 8. The van der Waals surface area contributed by atoms with E-state index in [9.17, 15) is 0 Å². The normalized spacial score (nSPS) is 20.1. The Morgan fingerprint density at radius 1 is 0.410 bits per heavy atom. The highest BCUT2D eigenvalue weighted by molar-refractivity contribution is 5.74. The lowest BCUT2D eigenvalue weighted by Gasteiger charge is -2.28. The monoisotopic (exact) mass is 816 g/mol. The first kappa shape index (κ1) is 39.5. The van der Waals surface area contributed by atoms with Crippen LogP contribution in [0.3, 0.4) is 0 Å². The summed E-state index contributed by atoms with van der Waals surface area (Å²) in [5.74, 6) is 3.18. The number of hydrogen-bond donors (Lipinski definition) is 0. The van der Waals surface area contributed by atoms with Gasteiger partial charge < -0.3 is 37.9 Å². The van der Waals surface area contributed by atoms with E-state index in [4.69, 9.17) is 37.9 Å². The van der Waals surface area contributed by atoms with E-state index in [2.05, 4.69) is 143 Å². The van der Waals surface area contributed by atoms with Crippen molar-refractivity contribution in [1.82, 2.24) is 0 Å². The van der Waals surface area contributed by atoms with Gasteiger partial charge in [-0.3, -0.25) is 0 Å². The Bertz CT molecular complexity index is 2380. The third-order valence-corrected chi connectivity index (χ3v) is 11.9. The Kier molecular flexibility index (Phi) is 11.0. The molecule has 4 saturated heterocycles. The first-order valence-corrected chi connectivity index (χ1v) is 21.5. The summed E-state index contributed by atoms with van der Waals surface area (Å²) in [6, 6.07) is 41.5. The molecule has 0 aromatic heterocycles. The molecule has 4 unspecified atom stereocenters. The lowest BCUT2D eigenvalue weighted by Crippen LogP contribution is -2.14. The van der Waals surface area contributed by atoms with Crippen molar-refractivity contribution < 1.29 is 37.9 Å². The molecule has 6 aromatic rings. The van der Waals surface area contributed by atoms with Crippen LogP contribution >= 0.6 is 0 Å². The summed E-state index contributed by atoms with van der Waals surface area (Å²) in [6.45, 7) is 13.5. The van der Waals surface area contributed by atoms with Crippen LogP contribution in [-0.2, 0) is 18.9 Å². The molecule has 8 heteroatoms. The second kappa shape index (κ2) is 17.0. The zero-order chi connectivity index (χ0) is 41.5.